The fourth-order valence-electron chi connectivity index (χ4n) is 2.18. The molecule has 0 bridgehead atoms. The molecule has 1 aromatic rings. The highest BCUT2D eigenvalue weighted by atomic mass is 32.1. The topological polar surface area (TPSA) is 34.1 Å². The van der Waals surface area contributed by atoms with Crippen molar-refractivity contribution in [2.24, 2.45) is 5.92 Å². The summed E-state index contributed by atoms with van der Waals surface area (Å²) in [6, 6.07) is 0. The number of hydrogen-bond acceptors (Lipinski definition) is 4. The third-order valence-electron chi connectivity index (χ3n) is 3.37. The number of ether oxygens (including phenoxy) is 1. The van der Waals surface area contributed by atoms with Gasteiger partial charge in [0.05, 0.1) is 12.3 Å². The first-order valence-electron chi connectivity index (χ1n) is 6.47. The molecule has 17 heavy (non-hydrogen) atoms. The van der Waals surface area contributed by atoms with E-state index in [-0.39, 0.29) is 0 Å². The molecule has 1 saturated heterocycles. The number of aromatic nitrogens is 1. The number of piperidine rings is 1. The SMILES string of the molecule is Cc1nc(COCCC2CCCNC2)sc1C. The van der Waals surface area contributed by atoms with Crippen molar-refractivity contribution in [3.05, 3.63) is 15.6 Å². The molecule has 0 amide bonds. The first-order chi connectivity index (χ1) is 8.25. The van der Waals surface area contributed by atoms with E-state index in [2.05, 4.69) is 24.1 Å². The fraction of sp³-hybridized carbons (Fsp3) is 0.769. The first kappa shape index (κ1) is 13.0. The Morgan fingerprint density at radius 1 is 1.47 bits per heavy atom. The van der Waals surface area contributed by atoms with Gasteiger partial charge in [0, 0.05) is 11.5 Å². The van der Waals surface area contributed by atoms with Gasteiger partial charge in [0.15, 0.2) is 0 Å². The van der Waals surface area contributed by atoms with Crippen LogP contribution in [-0.4, -0.2) is 24.7 Å². The van der Waals surface area contributed by atoms with Gasteiger partial charge in [-0.3, -0.25) is 0 Å². The standard InChI is InChI=1S/C13H22N2OS/c1-10-11(2)17-13(15-10)9-16-7-5-12-4-3-6-14-8-12/h12,14H,3-9H2,1-2H3. The van der Waals surface area contributed by atoms with Gasteiger partial charge in [-0.2, -0.15) is 0 Å². The maximum absolute atomic E-state index is 5.71. The lowest BCUT2D eigenvalue weighted by Gasteiger charge is -2.22. The van der Waals surface area contributed by atoms with Crippen molar-refractivity contribution >= 4 is 11.3 Å². The zero-order valence-corrected chi connectivity index (χ0v) is 11.6. The van der Waals surface area contributed by atoms with Crippen LogP contribution in [0.2, 0.25) is 0 Å². The Morgan fingerprint density at radius 2 is 2.35 bits per heavy atom. The number of nitrogens with zero attached hydrogens (tertiary/aromatic N) is 1. The van der Waals surface area contributed by atoms with E-state index in [1.165, 1.54) is 37.2 Å². The Morgan fingerprint density at radius 3 is 3.00 bits per heavy atom. The zero-order chi connectivity index (χ0) is 12.1. The van der Waals surface area contributed by atoms with Crippen LogP contribution >= 0.6 is 11.3 Å². The third kappa shape index (κ3) is 4.05. The van der Waals surface area contributed by atoms with Crippen LogP contribution in [0, 0.1) is 19.8 Å². The molecular formula is C13H22N2OS. The summed E-state index contributed by atoms with van der Waals surface area (Å²) in [4.78, 5) is 5.78. The summed E-state index contributed by atoms with van der Waals surface area (Å²) in [5.74, 6) is 0.809. The van der Waals surface area contributed by atoms with Crippen molar-refractivity contribution in [3.63, 3.8) is 0 Å². The van der Waals surface area contributed by atoms with E-state index in [0.717, 1.165) is 23.2 Å². The Labute approximate surface area is 108 Å². The van der Waals surface area contributed by atoms with Crippen molar-refractivity contribution < 1.29 is 4.74 Å². The molecule has 0 radical (unpaired) electrons. The minimum atomic E-state index is 0.680. The van der Waals surface area contributed by atoms with Gasteiger partial charge in [0.25, 0.3) is 0 Å². The monoisotopic (exact) mass is 254 g/mol. The molecule has 96 valence electrons. The minimum absolute atomic E-state index is 0.680. The molecule has 1 unspecified atom stereocenters. The van der Waals surface area contributed by atoms with Gasteiger partial charge >= 0.3 is 0 Å². The highest BCUT2D eigenvalue weighted by molar-refractivity contribution is 7.11. The molecule has 0 aliphatic carbocycles. The van der Waals surface area contributed by atoms with E-state index in [1.54, 1.807) is 11.3 Å². The van der Waals surface area contributed by atoms with Crippen molar-refractivity contribution in [1.82, 2.24) is 10.3 Å². The van der Waals surface area contributed by atoms with Crippen LogP contribution in [0.3, 0.4) is 0 Å². The molecule has 0 spiro atoms. The molecule has 2 heterocycles. The summed E-state index contributed by atoms with van der Waals surface area (Å²) in [5, 5.41) is 4.55. The predicted molar refractivity (Wildman–Crippen MR) is 71.5 cm³/mol. The van der Waals surface area contributed by atoms with Crippen molar-refractivity contribution in [3.8, 4) is 0 Å². The molecule has 0 aromatic carbocycles. The summed E-state index contributed by atoms with van der Waals surface area (Å²) in [6.07, 6.45) is 3.84. The third-order valence-corrected chi connectivity index (χ3v) is 4.41. The van der Waals surface area contributed by atoms with E-state index in [1.807, 2.05) is 0 Å². The van der Waals surface area contributed by atoms with Crippen LogP contribution in [0.15, 0.2) is 0 Å². The van der Waals surface area contributed by atoms with Crippen LogP contribution in [0.4, 0.5) is 0 Å². The highest BCUT2D eigenvalue weighted by Gasteiger charge is 2.12. The Balaban J connectivity index is 1.62. The van der Waals surface area contributed by atoms with Gasteiger partial charge < -0.3 is 10.1 Å². The second kappa shape index (κ2) is 6.47. The molecule has 1 atom stereocenters. The number of nitrogens with one attached hydrogen (secondary N) is 1. The lowest BCUT2D eigenvalue weighted by atomic mass is 9.97. The molecule has 2 rings (SSSR count). The average molecular weight is 254 g/mol. The summed E-state index contributed by atoms with van der Waals surface area (Å²) in [7, 11) is 0. The number of rotatable bonds is 5. The first-order valence-corrected chi connectivity index (χ1v) is 7.28. The van der Waals surface area contributed by atoms with Gasteiger partial charge in [-0.05, 0) is 52.1 Å². The van der Waals surface area contributed by atoms with Crippen molar-refractivity contribution in [2.75, 3.05) is 19.7 Å². The van der Waals surface area contributed by atoms with E-state index in [0.29, 0.717) is 6.61 Å². The summed E-state index contributed by atoms with van der Waals surface area (Å²) in [6.45, 7) is 8.07. The molecule has 1 aliphatic rings. The minimum Gasteiger partial charge on any atom is -0.374 e. The normalized spacial score (nSPS) is 20.7. The lowest BCUT2D eigenvalue weighted by Crippen LogP contribution is -2.30. The van der Waals surface area contributed by atoms with Gasteiger partial charge in [-0.25, -0.2) is 4.98 Å². The lowest BCUT2D eigenvalue weighted by molar-refractivity contribution is 0.103. The van der Waals surface area contributed by atoms with Gasteiger partial charge in [-0.1, -0.05) is 0 Å². The average Bonchev–Trinajstić information content (AvgIpc) is 2.66. The van der Waals surface area contributed by atoms with E-state index < -0.39 is 0 Å². The Hall–Kier alpha value is -0.450. The molecule has 1 aliphatic heterocycles. The maximum atomic E-state index is 5.71. The second-order valence-corrected chi connectivity index (χ2v) is 6.09. The van der Waals surface area contributed by atoms with Crippen LogP contribution in [0.5, 0.6) is 0 Å². The fourth-order valence-corrected chi connectivity index (χ4v) is 3.05. The molecule has 4 heteroatoms. The van der Waals surface area contributed by atoms with E-state index in [9.17, 15) is 0 Å². The van der Waals surface area contributed by atoms with Crippen LogP contribution in [-0.2, 0) is 11.3 Å². The number of thiazole rings is 1. The quantitative estimate of drug-likeness (QED) is 0.820. The zero-order valence-electron chi connectivity index (χ0n) is 10.8. The summed E-state index contributed by atoms with van der Waals surface area (Å²) in [5.41, 5.74) is 1.14. The largest absolute Gasteiger partial charge is 0.374 e. The molecule has 3 nitrogen and oxygen atoms in total. The van der Waals surface area contributed by atoms with Crippen LogP contribution in [0.25, 0.3) is 0 Å². The van der Waals surface area contributed by atoms with Crippen molar-refractivity contribution in [2.45, 2.75) is 39.7 Å². The molecular weight excluding hydrogens is 232 g/mol. The summed E-state index contributed by atoms with van der Waals surface area (Å²) < 4.78 is 5.71. The number of aryl methyl sites for hydroxylation is 2. The highest BCUT2D eigenvalue weighted by Crippen LogP contribution is 2.18. The van der Waals surface area contributed by atoms with Gasteiger partial charge in [0.2, 0.25) is 0 Å². The predicted octanol–water partition coefficient (Wildman–Crippen LogP) is 2.67. The molecule has 0 saturated carbocycles. The van der Waals surface area contributed by atoms with Crippen molar-refractivity contribution in [1.29, 1.82) is 0 Å². The number of hydrogen-bond donors (Lipinski definition) is 1. The van der Waals surface area contributed by atoms with Gasteiger partial charge in [0.1, 0.15) is 5.01 Å². The molecule has 1 fully saturated rings. The maximum Gasteiger partial charge on any atom is 0.119 e. The van der Waals surface area contributed by atoms with Crippen LogP contribution in [0.1, 0.15) is 34.8 Å². The smallest absolute Gasteiger partial charge is 0.119 e. The molecule has 1 N–H and O–H groups in total. The van der Waals surface area contributed by atoms with E-state index >= 15 is 0 Å². The summed E-state index contributed by atoms with van der Waals surface area (Å²) >= 11 is 1.75. The Kier molecular flexibility index (Phi) is 4.95. The van der Waals surface area contributed by atoms with E-state index in [4.69, 9.17) is 4.74 Å². The second-order valence-electron chi connectivity index (χ2n) is 4.80. The molecule has 1 aromatic heterocycles. The van der Waals surface area contributed by atoms with Crippen LogP contribution < -0.4 is 5.32 Å². The Bertz CT molecular complexity index is 326. The van der Waals surface area contributed by atoms with Gasteiger partial charge in [-0.15, -0.1) is 11.3 Å².